The van der Waals surface area contributed by atoms with Gasteiger partial charge in [-0.05, 0) is 57.8 Å². The number of esters is 2. The van der Waals surface area contributed by atoms with Crippen molar-refractivity contribution in [3.63, 3.8) is 0 Å². The van der Waals surface area contributed by atoms with Gasteiger partial charge in [-0.2, -0.15) is 0 Å². The molecule has 0 saturated heterocycles. The number of carbonyl (C=O) groups excluding carboxylic acids is 2. The van der Waals surface area contributed by atoms with Crippen molar-refractivity contribution < 1.29 is 63.1 Å². The highest BCUT2D eigenvalue weighted by molar-refractivity contribution is 7.47. The molecule has 0 bridgehead atoms. The summed E-state index contributed by atoms with van der Waals surface area (Å²) in [5.74, 6) is -1.14. The zero-order valence-corrected chi connectivity index (χ0v) is 36.0. The van der Waals surface area contributed by atoms with Crippen LogP contribution >= 0.6 is 7.82 Å². The maximum absolute atomic E-state index is 12.8. The second-order valence-corrected chi connectivity index (χ2v) is 16.2. The maximum Gasteiger partial charge on any atom is 0.472 e. The van der Waals surface area contributed by atoms with Crippen molar-refractivity contribution in [3.05, 3.63) is 60.8 Å². The minimum atomic E-state index is -5.12. The van der Waals surface area contributed by atoms with Crippen LogP contribution in [0.3, 0.4) is 0 Å². The second kappa shape index (κ2) is 34.3. The largest absolute Gasteiger partial charge is 0.472 e. The minimum absolute atomic E-state index is 0.0561. The first-order valence-corrected chi connectivity index (χ1v) is 23.1. The number of carbonyl (C=O) groups is 2. The summed E-state index contributed by atoms with van der Waals surface area (Å²) in [6.07, 6.45) is 27.2. The molecule has 58 heavy (non-hydrogen) atoms. The molecule has 13 nitrogen and oxygen atoms in total. The molecule has 1 aliphatic carbocycles. The number of aliphatic hydroxyl groups excluding tert-OH is 5. The van der Waals surface area contributed by atoms with Crippen LogP contribution in [-0.4, -0.2) is 98.3 Å². The Balaban J connectivity index is 2.51. The standard InChI is InChI=1S/C44H75O13P/c1-3-5-7-9-11-13-15-16-17-18-19-20-21-22-23-25-27-29-31-33-38(46)56-36(34-54-37(45)32-30-28-26-24-14-12-10-8-6-4-2)35-55-58(52,53)57-44-42(50)40(48)39(47)41(49)43(44)51/h5,7,11,13,16-17,19-20,22-23,36,39-44,47-51H,3-4,6,8-10,12,14-15,18,21,24-35H2,1-2H3,(H,52,53)/b7-5-,13-11-,17-16-,20-19-,23-22-. The molecule has 0 aliphatic heterocycles. The number of aliphatic hydroxyl groups is 5. The Morgan fingerprint density at radius 3 is 1.50 bits per heavy atom. The summed E-state index contributed by atoms with van der Waals surface area (Å²) in [6.45, 7) is 3.12. The number of hydrogen-bond donors (Lipinski definition) is 6. The van der Waals surface area contributed by atoms with E-state index >= 15 is 0 Å². The second-order valence-electron chi connectivity index (χ2n) is 14.8. The lowest BCUT2D eigenvalue weighted by molar-refractivity contribution is -0.220. The summed E-state index contributed by atoms with van der Waals surface area (Å²) in [5, 5.41) is 50.0. The summed E-state index contributed by atoms with van der Waals surface area (Å²) < 4.78 is 33.4. The molecule has 6 unspecified atom stereocenters. The average molecular weight is 843 g/mol. The normalized spacial score (nSPS) is 23.1. The van der Waals surface area contributed by atoms with Crippen LogP contribution in [-0.2, 0) is 32.7 Å². The number of hydrogen-bond acceptors (Lipinski definition) is 12. The molecule has 334 valence electrons. The SMILES string of the molecule is CC/C=C\C/C=C\C/C=C\C/C=C\C/C=C\CCCCCC(=O)OC(COC(=O)CCCCCCCCCCCC)COP(=O)(O)OC1C(O)C(O)C(O)C(O)C1O. The van der Waals surface area contributed by atoms with E-state index in [0.717, 1.165) is 70.6 Å². The van der Waals surface area contributed by atoms with Gasteiger partial charge in [-0.1, -0.05) is 139 Å². The van der Waals surface area contributed by atoms with Gasteiger partial charge in [-0.3, -0.25) is 18.6 Å². The number of phosphoric ester groups is 1. The summed E-state index contributed by atoms with van der Waals surface area (Å²) in [5.41, 5.74) is 0. The number of phosphoric acid groups is 1. The summed E-state index contributed by atoms with van der Waals surface area (Å²) >= 11 is 0. The molecule has 6 atom stereocenters. The van der Waals surface area contributed by atoms with E-state index in [-0.39, 0.29) is 12.8 Å². The fourth-order valence-electron chi connectivity index (χ4n) is 6.14. The Hall–Kier alpha value is -2.45. The highest BCUT2D eigenvalue weighted by Crippen LogP contribution is 2.47. The fourth-order valence-corrected chi connectivity index (χ4v) is 7.11. The average Bonchev–Trinajstić information content (AvgIpc) is 3.20. The molecule has 0 spiro atoms. The fraction of sp³-hybridized carbons (Fsp3) is 0.727. The van der Waals surface area contributed by atoms with Gasteiger partial charge >= 0.3 is 19.8 Å². The number of ether oxygens (including phenoxy) is 2. The van der Waals surface area contributed by atoms with E-state index in [4.69, 9.17) is 18.5 Å². The van der Waals surface area contributed by atoms with Crippen molar-refractivity contribution >= 4 is 19.8 Å². The first-order valence-electron chi connectivity index (χ1n) is 21.6. The van der Waals surface area contributed by atoms with Crippen LogP contribution in [0, 0.1) is 0 Å². The van der Waals surface area contributed by atoms with Crippen molar-refractivity contribution in [3.8, 4) is 0 Å². The van der Waals surface area contributed by atoms with Gasteiger partial charge in [0.15, 0.2) is 6.10 Å². The molecule has 0 aromatic heterocycles. The van der Waals surface area contributed by atoms with Crippen LogP contribution in [0.25, 0.3) is 0 Å². The third-order valence-corrected chi connectivity index (χ3v) is 10.6. The lowest BCUT2D eigenvalue weighted by Gasteiger charge is -2.41. The van der Waals surface area contributed by atoms with E-state index in [0.29, 0.717) is 12.8 Å². The van der Waals surface area contributed by atoms with Crippen molar-refractivity contribution in [1.82, 2.24) is 0 Å². The van der Waals surface area contributed by atoms with Gasteiger partial charge < -0.3 is 39.9 Å². The highest BCUT2D eigenvalue weighted by atomic mass is 31.2. The monoisotopic (exact) mass is 842 g/mol. The summed E-state index contributed by atoms with van der Waals surface area (Å²) in [4.78, 5) is 35.5. The van der Waals surface area contributed by atoms with Crippen molar-refractivity contribution in [1.29, 1.82) is 0 Å². The number of rotatable bonds is 34. The first-order chi connectivity index (χ1) is 27.9. The van der Waals surface area contributed by atoms with Gasteiger partial charge in [-0.15, -0.1) is 0 Å². The smallest absolute Gasteiger partial charge is 0.462 e. The van der Waals surface area contributed by atoms with Crippen LogP contribution in [0.1, 0.15) is 149 Å². The van der Waals surface area contributed by atoms with Crippen LogP contribution in [0.5, 0.6) is 0 Å². The molecule has 0 aromatic carbocycles. The van der Waals surface area contributed by atoms with Gasteiger partial charge in [0.2, 0.25) is 0 Å². The van der Waals surface area contributed by atoms with Gasteiger partial charge in [0.25, 0.3) is 0 Å². The topological polar surface area (TPSA) is 210 Å². The van der Waals surface area contributed by atoms with E-state index in [2.05, 4.69) is 74.6 Å². The Kier molecular flexibility index (Phi) is 31.7. The van der Waals surface area contributed by atoms with Crippen LogP contribution < -0.4 is 0 Å². The van der Waals surface area contributed by atoms with E-state index in [1.54, 1.807) is 0 Å². The third kappa shape index (κ3) is 26.6. The van der Waals surface area contributed by atoms with Gasteiger partial charge in [-0.25, -0.2) is 4.57 Å². The van der Waals surface area contributed by atoms with Crippen molar-refractivity contribution in [2.24, 2.45) is 0 Å². The third-order valence-electron chi connectivity index (χ3n) is 9.62. The number of allylic oxidation sites excluding steroid dienone is 10. The lowest BCUT2D eigenvalue weighted by atomic mass is 9.85. The molecule has 0 aromatic rings. The zero-order chi connectivity index (χ0) is 42.9. The molecule has 1 rings (SSSR count). The maximum atomic E-state index is 12.8. The highest BCUT2D eigenvalue weighted by Gasteiger charge is 2.51. The molecule has 1 saturated carbocycles. The van der Waals surface area contributed by atoms with Crippen LogP contribution in [0.4, 0.5) is 0 Å². The Morgan fingerprint density at radius 1 is 0.552 bits per heavy atom. The molecule has 1 fully saturated rings. The van der Waals surface area contributed by atoms with Gasteiger partial charge in [0.1, 0.15) is 43.2 Å². The molecular weight excluding hydrogens is 767 g/mol. The molecule has 0 heterocycles. The lowest BCUT2D eigenvalue weighted by Crippen LogP contribution is -2.64. The Bertz CT molecular complexity index is 1250. The Morgan fingerprint density at radius 2 is 0.983 bits per heavy atom. The molecule has 6 N–H and O–H groups in total. The summed E-state index contributed by atoms with van der Waals surface area (Å²) in [6, 6.07) is 0. The quantitative estimate of drug-likeness (QED) is 0.0159. The van der Waals surface area contributed by atoms with Crippen LogP contribution in [0.2, 0.25) is 0 Å². The molecular formula is C44H75O13P. The minimum Gasteiger partial charge on any atom is -0.462 e. The predicted molar refractivity (Wildman–Crippen MR) is 226 cm³/mol. The van der Waals surface area contributed by atoms with E-state index in [1.165, 1.54) is 38.5 Å². The zero-order valence-electron chi connectivity index (χ0n) is 35.1. The van der Waals surface area contributed by atoms with Crippen molar-refractivity contribution in [2.75, 3.05) is 13.2 Å². The molecule has 1 aliphatic rings. The van der Waals surface area contributed by atoms with Crippen LogP contribution in [0.15, 0.2) is 60.8 Å². The van der Waals surface area contributed by atoms with Crippen molar-refractivity contribution in [2.45, 2.75) is 191 Å². The Labute approximate surface area is 347 Å². The molecule has 0 radical (unpaired) electrons. The summed E-state index contributed by atoms with van der Waals surface area (Å²) in [7, 11) is -5.12. The number of unbranched alkanes of at least 4 members (excludes halogenated alkanes) is 12. The predicted octanol–water partition coefficient (Wildman–Crippen LogP) is 7.77. The van der Waals surface area contributed by atoms with Gasteiger partial charge in [0.05, 0.1) is 6.61 Å². The van der Waals surface area contributed by atoms with E-state index in [9.17, 15) is 44.6 Å². The molecule has 14 heteroatoms. The van der Waals surface area contributed by atoms with E-state index in [1.807, 2.05) is 0 Å². The van der Waals surface area contributed by atoms with E-state index < -0.39 is 75.7 Å². The first kappa shape index (κ1) is 53.6. The molecule has 0 amide bonds. The van der Waals surface area contributed by atoms with Gasteiger partial charge in [0, 0.05) is 12.8 Å².